The Labute approximate surface area is 131 Å². The van der Waals surface area contributed by atoms with Crippen LogP contribution in [-0.2, 0) is 4.79 Å². The summed E-state index contributed by atoms with van der Waals surface area (Å²) >= 11 is 1.60. The number of hydrogen-bond acceptors (Lipinski definition) is 2. The maximum Gasteiger partial charge on any atom is 0.240 e. The molecule has 0 fully saturated rings. The quantitative estimate of drug-likeness (QED) is 0.763. The van der Waals surface area contributed by atoms with E-state index in [0.29, 0.717) is 0 Å². The first-order valence-electron chi connectivity index (χ1n) is 7.13. The molecule has 0 N–H and O–H groups in total. The number of hydrogen-bond donors (Lipinski definition) is 0. The first-order valence-corrected chi connectivity index (χ1v) is 8.01. The first kappa shape index (κ1) is 15.6. The second-order valence-electron chi connectivity index (χ2n) is 5.26. The Morgan fingerprint density at radius 3 is 2.00 bits per heavy atom. The van der Waals surface area contributed by atoms with Crippen LogP contribution in [0.3, 0.4) is 0 Å². The number of carbonyl (C=O) groups is 1. The Morgan fingerprint density at radius 1 is 0.952 bits per heavy atom. The lowest BCUT2D eigenvalue weighted by Gasteiger charge is -2.27. The predicted octanol–water partition coefficient (Wildman–Crippen LogP) is 4.39. The topological polar surface area (TPSA) is 20.3 Å². The van der Waals surface area contributed by atoms with Crippen molar-refractivity contribution in [2.75, 3.05) is 7.05 Å². The van der Waals surface area contributed by atoms with Crippen molar-refractivity contribution in [3.8, 4) is 0 Å². The molecule has 3 heteroatoms. The molecule has 0 saturated heterocycles. The van der Waals surface area contributed by atoms with Gasteiger partial charge in [0.1, 0.15) is 5.25 Å². The zero-order valence-electron chi connectivity index (χ0n) is 12.7. The highest BCUT2D eigenvalue weighted by molar-refractivity contribution is 8.00. The molecule has 0 aliphatic heterocycles. The van der Waals surface area contributed by atoms with Gasteiger partial charge in [0.2, 0.25) is 5.91 Å². The number of nitrogens with zero attached hydrogens (tertiary/aromatic N) is 1. The largest absolute Gasteiger partial charge is 0.342 e. The molecule has 2 aromatic rings. The van der Waals surface area contributed by atoms with Crippen molar-refractivity contribution in [1.82, 2.24) is 4.90 Å². The number of thioether (sulfide) groups is 1. The summed E-state index contributed by atoms with van der Waals surface area (Å²) in [6, 6.07) is 20.3. The van der Waals surface area contributed by atoms with Crippen LogP contribution < -0.4 is 0 Å². The van der Waals surface area contributed by atoms with Crippen LogP contribution in [-0.4, -0.2) is 23.9 Å². The van der Waals surface area contributed by atoms with E-state index in [2.05, 4.69) is 0 Å². The lowest BCUT2D eigenvalue weighted by molar-refractivity contribution is -0.130. The fourth-order valence-corrected chi connectivity index (χ4v) is 3.11. The highest BCUT2D eigenvalue weighted by Gasteiger charge is 2.26. The summed E-state index contributed by atoms with van der Waals surface area (Å²) in [5.41, 5.74) is 1.05. The molecule has 0 radical (unpaired) electrons. The molecule has 0 aliphatic carbocycles. The van der Waals surface area contributed by atoms with E-state index in [-0.39, 0.29) is 17.2 Å². The molecule has 110 valence electrons. The molecule has 21 heavy (non-hydrogen) atoms. The van der Waals surface area contributed by atoms with Gasteiger partial charge in [0.25, 0.3) is 0 Å². The van der Waals surface area contributed by atoms with Crippen LogP contribution in [0.15, 0.2) is 65.6 Å². The Hall–Kier alpha value is -1.74. The number of amides is 1. The molecule has 0 heterocycles. The van der Waals surface area contributed by atoms with Crippen LogP contribution in [0.25, 0.3) is 0 Å². The average Bonchev–Trinajstić information content (AvgIpc) is 2.53. The number of likely N-dealkylation sites (N-methyl/N-ethyl adjacent to an activating group) is 1. The predicted molar refractivity (Wildman–Crippen MR) is 89.4 cm³/mol. The number of benzene rings is 2. The molecule has 0 bridgehead atoms. The van der Waals surface area contributed by atoms with Gasteiger partial charge in [0.05, 0.1) is 0 Å². The van der Waals surface area contributed by atoms with E-state index >= 15 is 0 Å². The third-order valence-corrected chi connectivity index (χ3v) is 4.70. The SMILES string of the molecule is CC(C)N(C)C(=O)C(Sc1ccccc1)c1ccccc1. The molecule has 0 saturated carbocycles. The smallest absolute Gasteiger partial charge is 0.240 e. The first-order chi connectivity index (χ1) is 10.1. The lowest BCUT2D eigenvalue weighted by atomic mass is 10.1. The van der Waals surface area contributed by atoms with Crippen LogP contribution in [0.2, 0.25) is 0 Å². The molecule has 2 nitrogen and oxygen atoms in total. The van der Waals surface area contributed by atoms with Gasteiger partial charge in [0.15, 0.2) is 0 Å². The summed E-state index contributed by atoms with van der Waals surface area (Å²) < 4.78 is 0. The minimum atomic E-state index is -0.207. The highest BCUT2D eigenvalue weighted by Crippen LogP contribution is 2.36. The minimum absolute atomic E-state index is 0.144. The molecular weight excluding hydrogens is 278 g/mol. The van der Waals surface area contributed by atoms with Crippen molar-refractivity contribution in [1.29, 1.82) is 0 Å². The van der Waals surface area contributed by atoms with E-state index in [1.54, 1.807) is 11.8 Å². The zero-order chi connectivity index (χ0) is 15.2. The van der Waals surface area contributed by atoms with Gasteiger partial charge in [-0.05, 0) is 31.5 Å². The maximum atomic E-state index is 12.8. The van der Waals surface area contributed by atoms with Gasteiger partial charge in [-0.15, -0.1) is 11.8 Å². The molecule has 1 amide bonds. The Bertz CT molecular complexity index is 568. The summed E-state index contributed by atoms with van der Waals surface area (Å²) in [6.07, 6.45) is 0. The van der Waals surface area contributed by atoms with Gasteiger partial charge < -0.3 is 4.90 Å². The second kappa shape index (κ2) is 7.32. The number of carbonyl (C=O) groups excluding carboxylic acids is 1. The van der Waals surface area contributed by atoms with E-state index in [4.69, 9.17) is 0 Å². The molecule has 1 unspecified atom stereocenters. The van der Waals surface area contributed by atoms with E-state index < -0.39 is 0 Å². The third-order valence-electron chi connectivity index (χ3n) is 3.45. The summed E-state index contributed by atoms with van der Waals surface area (Å²) in [6.45, 7) is 4.07. The maximum absolute atomic E-state index is 12.8. The fourth-order valence-electron chi connectivity index (χ4n) is 1.96. The standard InChI is InChI=1S/C18H21NOS/c1-14(2)19(3)18(20)17(15-10-6-4-7-11-15)21-16-12-8-5-9-13-16/h4-14,17H,1-3H3. The van der Waals surface area contributed by atoms with Crippen molar-refractivity contribution < 1.29 is 4.79 Å². The van der Waals surface area contributed by atoms with Gasteiger partial charge in [0, 0.05) is 18.0 Å². The van der Waals surface area contributed by atoms with Crippen molar-refractivity contribution in [2.24, 2.45) is 0 Å². The molecule has 0 aliphatic rings. The van der Waals surface area contributed by atoms with E-state index in [1.807, 2.05) is 86.5 Å². The van der Waals surface area contributed by atoms with Crippen LogP contribution in [0.4, 0.5) is 0 Å². The molecule has 2 aromatic carbocycles. The third kappa shape index (κ3) is 4.11. The summed E-state index contributed by atoms with van der Waals surface area (Å²) in [5.74, 6) is 0.144. The van der Waals surface area contributed by atoms with E-state index in [0.717, 1.165) is 10.5 Å². The van der Waals surface area contributed by atoms with Crippen LogP contribution in [0, 0.1) is 0 Å². The molecule has 0 aromatic heterocycles. The van der Waals surface area contributed by atoms with Crippen molar-refractivity contribution in [2.45, 2.75) is 30.0 Å². The average molecular weight is 299 g/mol. The van der Waals surface area contributed by atoms with Crippen LogP contribution in [0.5, 0.6) is 0 Å². The van der Waals surface area contributed by atoms with Crippen molar-refractivity contribution >= 4 is 17.7 Å². The molecular formula is C18H21NOS. The summed E-state index contributed by atoms with van der Waals surface area (Å²) in [4.78, 5) is 15.7. The highest BCUT2D eigenvalue weighted by atomic mass is 32.2. The monoisotopic (exact) mass is 299 g/mol. The van der Waals surface area contributed by atoms with Crippen molar-refractivity contribution in [3.63, 3.8) is 0 Å². The normalized spacial score (nSPS) is 12.2. The van der Waals surface area contributed by atoms with E-state index in [1.165, 1.54) is 0 Å². The lowest BCUT2D eigenvalue weighted by Crippen LogP contribution is -2.35. The van der Waals surface area contributed by atoms with Gasteiger partial charge >= 0.3 is 0 Å². The number of rotatable bonds is 5. The Morgan fingerprint density at radius 2 is 1.48 bits per heavy atom. The van der Waals surface area contributed by atoms with Gasteiger partial charge in [-0.3, -0.25) is 4.79 Å². The molecule has 2 rings (SSSR count). The van der Waals surface area contributed by atoms with Crippen LogP contribution in [0.1, 0.15) is 24.7 Å². The fraction of sp³-hybridized carbons (Fsp3) is 0.278. The van der Waals surface area contributed by atoms with Crippen LogP contribution >= 0.6 is 11.8 Å². The van der Waals surface area contributed by atoms with Gasteiger partial charge in [-0.25, -0.2) is 0 Å². The van der Waals surface area contributed by atoms with Gasteiger partial charge in [-0.2, -0.15) is 0 Å². The van der Waals surface area contributed by atoms with Gasteiger partial charge in [-0.1, -0.05) is 48.5 Å². The second-order valence-corrected chi connectivity index (χ2v) is 6.44. The Balaban J connectivity index is 2.29. The van der Waals surface area contributed by atoms with E-state index in [9.17, 15) is 4.79 Å². The molecule has 0 spiro atoms. The zero-order valence-corrected chi connectivity index (χ0v) is 13.5. The molecule has 1 atom stereocenters. The Kier molecular flexibility index (Phi) is 5.45. The summed E-state index contributed by atoms with van der Waals surface area (Å²) in [5, 5.41) is -0.207. The van der Waals surface area contributed by atoms with Crippen molar-refractivity contribution in [3.05, 3.63) is 66.2 Å². The minimum Gasteiger partial charge on any atom is -0.342 e. The summed E-state index contributed by atoms with van der Waals surface area (Å²) in [7, 11) is 1.87.